The number of nitrogen functional groups attached to an aromatic ring is 1. The van der Waals surface area contributed by atoms with Crippen LogP contribution in [0.15, 0.2) is 30.4 Å². The van der Waals surface area contributed by atoms with E-state index in [0.29, 0.717) is 6.04 Å². The van der Waals surface area contributed by atoms with Crippen molar-refractivity contribution in [3.05, 3.63) is 40.5 Å². The van der Waals surface area contributed by atoms with Gasteiger partial charge in [0.05, 0.1) is 4.92 Å². The van der Waals surface area contributed by atoms with Crippen LogP contribution in [0.5, 0.6) is 0 Å². The van der Waals surface area contributed by atoms with Gasteiger partial charge in [0, 0.05) is 17.8 Å². The number of hydrogen-bond donors (Lipinski definition) is 2. The van der Waals surface area contributed by atoms with Gasteiger partial charge in [0.2, 0.25) is 0 Å². The van der Waals surface area contributed by atoms with Crippen molar-refractivity contribution in [3.8, 4) is 0 Å². The van der Waals surface area contributed by atoms with Gasteiger partial charge in [-0.1, -0.05) is 12.2 Å². The Labute approximate surface area is 99.5 Å². The molecule has 0 bridgehead atoms. The van der Waals surface area contributed by atoms with Crippen molar-refractivity contribution in [2.24, 2.45) is 0 Å². The monoisotopic (exact) mass is 233 g/mol. The molecule has 0 heterocycles. The molecule has 0 radical (unpaired) electrons. The van der Waals surface area contributed by atoms with Crippen molar-refractivity contribution >= 4 is 17.1 Å². The molecular formula is C12H15N3O2. The smallest absolute Gasteiger partial charge is 0.292 e. The first-order chi connectivity index (χ1) is 8.16. The van der Waals surface area contributed by atoms with Gasteiger partial charge in [-0.25, -0.2) is 0 Å². The summed E-state index contributed by atoms with van der Waals surface area (Å²) in [5.41, 5.74) is 6.63. The number of benzene rings is 1. The molecule has 3 N–H and O–H groups in total. The SMILES string of the molecule is Nc1cc(NC2CC=CCC2)ccc1[N+](=O)[O-]. The summed E-state index contributed by atoms with van der Waals surface area (Å²) in [4.78, 5) is 10.1. The Hall–Kier alpha value is -2.04. The third-order valence-electron chi connectivity index (χ3n) is 2.86. The summed E-state index contributed by atoms with van der Waals surface area (Å²) in [6.45, 7) is 0. The Morgan fingerprint density at radius 2 is 2.24 bits per heavy atom. The van der Waals surface area contributed by atoms with Gasteiger partial charge in [-0.3, -0.25) is 10.1 Å². The molecule has 0 fully saturated rings. The maximum Gasteiger partial charge on any atom is 0.292 e. The molecule has 17 heavy (non-hydrogen) atoms. The summed E-state index contributed by atoms with van der Waals surface area (Å²) in [5.74, 6) is 0. The second kappa shape index (κ2) is 4.86. The molecule has 1 aromatic carbocycles. The number of nitrogens with zero attached hydrogens (tertiary/aromatic N) is 1. The predicted octanol–water partition coefficient (Wildman–Crippen LogP) is 2.70. The van der Waals surface area contributed by atoms with Crippen LogP contribution in [-0.2, 0) is 0 Å². The second-order valence-electron chi connectivity index (χ2n) is 4.16. The highest BCUT2D eigenvalue weighted by atomic mass is 16.6. The highest BCUT2D eigenvalue weighted by molar-refractivity contribution is 5.66. The van der Waals surface area contributed by atoms with E-state index >= 15 is 0 Å². The first-order valence-corrected chi connectivity index (χ1v) is 5.62. The van der Waals surface area contributed by atoms with Gasteiger partial charge in [-0.15, -0.1) is 0 Å². The van der Waals surface area contributed by atoms with E-state index in [1.54, 1.807) is 12.1 Å². The molecule has 1 atom stereocenters. The number of nitrogens with one attached hydrogen (secondary N) is 1. The normalized spacial score (nSPS) is 18.9. The highest BCUT2D eigenvalue weighted by Gasteiger charge is 2.13. The van der Waals surface area contributed by atoms with Crippen molar-refractivity contribution in [2.75, 3.05) is 11.1 Å². The van der Waals surface area contributed by atoms with Gasteiger partial charge >= 0.3 is 0 Å². The molecule has 0 aromatic heterocycles. The summed E-state index contributed by atoms with van der Waals surface area (Å²) >= 11 is 0. The summed E-state index contributed by atoms with van der Waals surface area (Å²) in [5, 5.41) is 14.0. The summed E-state index contributed by atoms with van der Waals surface area (Å²) < 4.78 is 0. The second-order valence-corrected chi connectivity index (χ2v) is 4.16. The molecule has 5 heteroatoms. The Balaban J connectivity index is 2.09. The molecule has 1 aromatic rings. The molecule has 0 aliphatic heterocycles. The van der Waals surface area contributed by atoms with Crippen molar-refractivity contribution < 1.29 is 4.92 Å². The lowest BCUT2D eigenvalue weighted by molar-refractivity contribution is -0.383. The molecule has 0 spiro atoms. The fourth-order valence-corrected chi connectivity index (χ4v) is 1.97. The first kappa shape index (κ1) is 11.4. The lowest BCUT2D eigenvalue weighted by Crippen LogP contribution is -2.20. The highest BCUT2D eigenvalue weighted by Crippen LogP contribution is 2.26. The molecule has 90 valence electrons. The Morgan fingerprint density at radius 1 is 1.41 bits per heavy atom. The minimum Gasteiger partial charge on any atom is -0.393 e. The molecule has 1 unspecified atom stereocenters. The minimum atomic E-state index is -0.470. The van der Waals surface area contributed by atoms with E-state index in [1.165, 1.54) is 6.07 Å². The van der Waals surface area contributed by atoms with E-state index in [-0.39, 0.29) is 11.4 Å². The van der Waals surface area contributed by atoms with Crippen molar-refractivity contribution in [1.29, 1.82) is 0 Å². The van der Waals surface area contributed by atoms with Gasteiger partial charge in [0.15, 0.2) is 0 Å². The maximum atomic E-state index is 10.6. The van der Waals surface area contributed by atoms with Gasteiger partial charge in [0.1, 0.15) is 5.69 Å². The van der Waals surface area contributed by atoms with Crippen molar-refractivity contribution in [2.45, 2.75) is 25.3 Å². The zero-order chi connectivity index (χ0) is 12.3. The van der Waals surface area contributed by atoms with E-state index in [2.05, 4.69) is 17.5 Å². The molecule has 1 aliphatic rings. The Bertz CT molecular complexity index is 457. The van der Waals surface area contributed by atoms with Crippen LogP contribution in [0.3, 0.4) is 0 Å². The molecule has 0 saturated heterocycles. The number of rotatable bonds is 3. The van der Waals surface area contributed by atoms with E-state index in [1.807, 2.05) is 0 Å². The van der Waals surface area contributed by atoms with Gasteiger partial charge in [0.25, 0.3) is 5.69 Å². The zero-order valence-electron chi connectivity index (χ0n) is 9.43. The number of nitrogens with two attached hydrogens (primary N) is 1. The molecular weight excluding hydrogens is 218 g/mol. The molecule has 0 amide bonds. The zero-order valence-corrected chi connectivity index (χ0v) is 9.43. The molecule has 0 saturated carbocycles. The lowest BCUT2D eigenvalue weighted by atomic mass is 10.0. The lowest BCUT2D eigenvalue weighted by Gasteiger charge is -2.20. The number of hydrogen-bond acceptors (Lipinski definition) is 4. The largest absolute Gasteiger partial charge is 0.393 e. The Morgan fingerprint density at radius 3 is 2.82 bits per heavy atom. The molecule has 2 rings (SSSR count). The van der Waals surface area contributed by atoms with Crippen LogP contribution in [0.2, 0.25) is 0 Å². The molecule has 5 nitrogen and oxygen atoms in total. The Kier molecular flexibility index (Phi) is 3.27. The van der Waals surface area contributed by atoms with Gasteiger partial charge in [-0.05, 0) is 31.4 Å². The first-order valence-electron chi connectivity index (χ1n) is 5.62. The predicted molar refractivity (Wildman–Crippen MR) is 67.9 cm³/mol. The third kappa shape index (κ3) is 2.75. The summed E-state index contributed by atoms with van der Waals surface area (Å²) in [7, 11) is 0. The number of allylic oxidation sites excluding steroid dienone is 1. The topological polar surface area (TPSA) is 81.2 Å². The summed E-state index contributed by atoms with van der Waals surface area (Å²) in [6, 6.07) is 5.15. The van der Waals surface area contributed by atoms with Gasteiger partial charge < -0.3 is 11.1 Å². The fraction of sp³-hybridized carbons (Fsp3) is 0.333. The number of anilines is 2. The number of nitro benzene ring substituents is 1. The average molecular weight is 233 g/mol. The van der Waals surface area contributed by atoms with E-state index in [4.69, 9.17) is 5.73 Å². The van der Waals surface area contributed by atoms with Crippen molar-refractivity contribution in [3.63, 3.8) is 0 Å². The van der Waals surface area contributed by atoms with Crippen LogP contribution >= 0.6 is 0 Å². The number of nitro groups is 1. The maximum absolute atomic E-state index is 10.6. The van der Waals surface area contributed by atoms with Crippen LogP contribution in [-0.4, -0.2) is 11.0 Å². The third-order valence-corrected chi connectivity index (χ3v) is 2.86. The van der Waals surface area contributed by atoms with Crippen LogP contribution in [0.4, 0.5) is 17.1 Å². The summed E-state index contributed by atoms with van der Waals surface area (Å²) in [6.07, 6.45) is 7.45. The average Bonchev–Trinajstić information content (AvgIpc) is 2.30. The standard InChI is InChI=1S/C12H15N3O2/c13-11-8-10(6-7-12(11)15(16)17)14-9-4-2-1-3-5-9/h1-2,6-9,14H,3-5,13H2. The van der Waals surface area contributed by atoms with Crippen LogP contribution in [0, 0.1) is 10.1 Å². The van der Waals surface area contributed by atoms with Gasteiger partial charge in [-0.2, -0.15) is 0 Å². The van der Waals surface area contributed by atoms with E-state index < -0.39 is 4.92 Å². The van der Waals surface area contributed by atoms with Crippen LogP contribution < -0.4 is 11.1 Å². The molecule has 1 aliphatic carbocycles. The quantitative estimate of drug-likeness (QED) is 0.364. The van der Waals surface area contributed by atoms with E-state index in [9.17, 15) is 10.1 Å². The van der Waals surface area contributed by atoms with Crippen molar-refractivity contribution in [1.82, 2.24) is 0 Å². The minimum absolute atomic E-state index is 0.0425. The van der Waals surface area contributed by atoms with Crippen LogP contribution in [0.25, 0.3) is 0 Å². The van der Waals surface area contributed by atoms with E-state index in [0.717, 1.165) is 24.9 Å². The fourth-order valence-electron chi connectivity index (χ4n) is 1.97. The van der Waals surface area contributed by atoms with Crippen LogP contribution in [0.1, 0.15) is 19.3 Å².